The maximum absolute atomic E-state index is 16.4. The van der Waals surface area contributed by atoms with Crippen molar-refractivity contribution in [3.05, 3.63) is 54.6 Å². The summed E-state index contributed by atoms with van der Waals surface area (Å²) in [6.07, 6.45) is 1.95. The van der Waals surface area contributed by atoms with Crippen LogP contribution in [0.1, 0.15) is 39.7 Å². The Kier molecular flexibility index (Phi) is 9.59. The molecule has 3 N–H and O–H groups in total. The van der Waals surface area contributed by atoms with E-state index in [0.29, 0.717) is 22.5 Å². The largest absolute Gasteiger partial charge is 0.464 e. The van der Waals surface area contributed by atoms with Gasteiger partial charge in [0.1, 0.15) is 29.8 Å². The van der Waals surface area contributed by atoms with Crippen LogP contribution in [0.2, 0.25) is 0 Å². The Bertz CT molecular complexity index is 1870. The minimum Gasteiger partial charge on any atom is -0.464 e. The monoisotopic (exact) mass is 668 g/mol. The molecule has 2 aromatic heterocycles. The SMILES string of the molecule is C#C[C@@]1(F)[C@H](O)[C@@H](CO[P@](=O)(N[C@H](C)C(=O)OCC(C)(C)C)Oc2cccc3ccccc23)O[C@H]1n1cnc2c(NC)nc(C)nc21. The van der Waals surface area contributed by atoms with Crippen LogP contribution in [0.5, 0.6) is 5.75 Å². The number of rotatable bonds is 11. The first-order chi connectivity index (χ1) is 22.2. The molecule has 6 atom stereocenters. The standard InChI is InChI=1S/C32H38FN6O7P/c1-8-32(33)26(40)24(45-30(32)39-18-35-25-27(34-7)36-20(3)37-28(25)39)16-44-47(42,38-19(2)29(41)43-17-31(4,5)6)46-23-15-11-13-21-12-9-10-14-22(21)23/h1,9-15,18-19,24,26,30,40H,16-17H2,2-7H3,(H,38,42)(H,34,36,37)/t19-,24-,26-,30-,32-,47-/m1/s1. The Morgan fingerprint density at radius 2 is 1.98 bits per heavy atom. The van der Waals surface area contributed by atoms with E-state index < -0.39 is 50.5 Å². The number of aliphatic hydroxyl groups excluding tert-OH is 1. The number of benzene rings is 2. The van der Waals surface area contributed by atoms with Crippen LogP contribution >= 0.6 is 7.75 Å². The Morgan fingerprint density at radius 3 is 2.68 bits per heavy atom. The molecule has 250 valence electrons. The molecule has 5 rings (SSSR count). The van der Waals surface area contributed by atoms with Gasteiger partial charge in [-0.2, -0.15) is 5.09 Å². The zero-order chi connectivity index (χ0) is 34.1. The third-order valence-electron chi connectivity index (χ3n) is 7.42. The molecule has 0 aliphatic carbocycles. The second-order valence-electron chi connectivity index (χ2n) is 12.5. The van der Waals surface area contributed by atoms with Crippen LogP contribution in [-0.4, -0.2) is 74.8 Å². The molecular weight excluding hydrogens is 630 g/mol. The number of aryl methyl sites for hydroxylation is 1. The molecule has 4 aromatic rings. The summed E-state index contributed by atoms with van der Waals surface area (Å²) in [5, 5.41) is 18.1. The number of imidazole rings is 1. The third kappa shape index (κ3) is 7.10. The summed E-state index contributed by atoms with van der Waals surface area (Å²) >= 11 is 0. The zero-order valence-electron chi connectivity index (χ0n) is 26.9. The third-order valence-corrected chi connectivity index (χ3v) is 9.05. The number of carbonyl (C=O) groups excluding carboxylic acids is 1. The van der Waals surface area contributed by atoms with Crippen LogP contribution in [0.25, 0.3) is 21.9 Å². The van der Waals surface area contributed by atoms with Gasteiger partial charge in [0.25, 0.3) is 0 Å². The van der Waals surface area contributed by atoms with Crippen molar-refractivity contribution in [2.75, 3.05) is 25.6 Å². The van der Waals surface area contributed by atoms with Crippen LogP contribution < -0.4 is 14.9 Å². The highest BCUT2D eigenvalue weighted by Gasteiger charge is 2.58. The average molecular weight is 669 g/mol. The van der Waals surface area contributed by atoms with Gasteiger partial charge in [-0.1, -0.05) is 63.1 Å². The molecule has 1 saturated heterocycles. The highest BCUT2D eigenvalue weighted by molar-refractivity contribution is 7.52. The lowest BCUT2D eigenvalue weighted by atomic mass is 9.97. The number of esters is 1. The topological polar surface area (TPSA) is 159 Å². The van der Waals surface area contributed by atoms with E-state index in [9.17, 15) is 14.5 Å². The minimum atomic E-state index is -4.45. The normalized spacial score (nSPS) is 23.3. The smallest absolute Gasteiger partial charge is 0.459 e. The molecule has 0 saturated carbocycles. The maximum Gasteiger partial charge on any atom is 0.459 e. The van der Waals surface area contributed by atoms with Gasteiger partial charge in [0.05, 0.1) is 19.5 Å². The van der Waals surface area contributed by atoms with Gasteiger partial charge in [-0.15, -0.1) is 6.42 Å². The lowest BCUT2D eigenvalue weighted by Gasteiger charge is -2.26. The predicted octanol–water partition coefficient (Wildman–Crippen LogP) is 4.70. The van der Waals surface area contributed by atoms with Gasteiger partial charge < -0.3 is 24.4 Å². The fourth-order valence-electron chi connectivity index (χ4n) is 5.05. The van der Waals surface area contributed by atoms with Crippen molar-refractivity contribution in [3.63, 3.8) is 0 Å². The summed E-state index contributed by atoms with van der Waals surface area (Å²) in [5.74, 6) is 2.30. The number of hydrogen-bond donors (Lipinski definition) is 3. The highest BCUT2D eigenvalue weighted by Crippen LogP contribution is 2.49. The van der Waals surface area contributed by atoms with E-state index >= 15 is 4.39 Å². The molecule has 3 heterocycles. The molecule has 1 aliphatic rings. The van der Waals surface area contributed by atoms with Gasteiger partial charge >= 0.3 is 13.7 Å². The Morgan fingerprint density at radius 1 is 1.26 bits per heavy atom. The average Bonchev–Trinajstić information content (AvgIpc) is 3.56. The predicted molar refractivity (Wildman–Crippen MR) is 173 cm³/mol. The summed E-state index contributed by atoms with van der Waals surface area (Å²) in [6.45, 7) is 8.27. The number of aliphatic hydroxyl groups is 1. The van der Waals surface area contributed by atoms with Gasteiger partial charge in [-0.25, -0.2) is 23.9 Å². The number of carbonyl (C=O) groups is 1. The quantitative estimate of drug-likeness (QED) is 0.115. The van der Waals surface area contributed by atoms with Crippen molar-refractivity contribution in [2.45, 2.75) is 64.8 Å². The number of ether oxygens (including phenoxy) is 2. The zero-order valence-corrected chi connectivity index (χ0v) is 27.8. The molecular formula is C32H38FN6O7P. The molecule has 0 amide bonds. The van der Waals surface area contributed by atoms with E-state index in [4.69, 9.17) is 24.9 Å². The summed E-state index contributed by atoms with van der Waals surface area (Å²) in [6, 6.07) is 11.3. The van der Waals surface area contributed by atoms with Crippen LogP contribution in [0.3, 0.4) is 0 Å². The number of alkyl halides is 1. The first kappa shape index (κ1) is 34.2. The van der Waals surface area contributed by atoms with E-state index in [1.54, 1.807) is 38.2 Å². The fraction of sp³-hybridized carbons (Fsp3) is 0.438. The first-order valence-electron chi connectivity index (χ1n) is 14.9. The lowest BCUT2D eigenvalue weighted by Crippen LogP contribution is -2.42. The molecule has 2 aromatic carbocycles. The number of anilines is 1. The Balaban J connectivity index is 1.43. The van der Waals surface area contributed by atoms with Crippen molar-refractivity contribution in [1.29, 1.82) is 0 Å². The van der Waals surface area contributed by atoms with Gasteiger partial charge in [0.15, 0.2) is 23.2 Å². The number of nitrogens with one attached hydrogen (secondary N) is 2. The van der Waals surface area contributed by atoms with E-state index in [2.05, 4.69) is 25.4 Å². The van der Waals surface area contributed by atoms with Crippen molar-refractivity contribution in [2.24, 2.45) is 5.41 Å². The number of aromatic nitrogens is 4. The van der Waals surface area contributed by atoms with E-state index in [-0.39, 0.29) is 23.4 Å². The molecule has 1 aliphatic heterocycles. The maximum atomic E-state index is 16.4. The van der Waals surface area contributed by atoms with E-state index in [1.165, 1.54) is 17.8 Å². The number of nitrogens with zero attached hydrogens (tertiary/aromatic N) is 4. The number of halogens is 1. The highest BCUT2D eigenvalue weighted by atomic mass is 31.2. The second-order valence-corrected chi connectivity index (χ2v) is 14.2. The molecule has 0 bridgehead atoms. The van der Waals surface area contributed by atoms with Crippen molar-refractivity contribution >= 4 is 41.5 Å². The molecule has 1 fully saturated rings. The van der Waals surface area contributed by atoms with Gasteiger partial charge in [-0.05, 0) is 30.7 Å². The molecule has 0 spiro atoms. The van der Waals surface area contributed by atoms with Crippen molar-refractivity contribution < 1.29 is 37.4 Å². The fourth-order valence-corrected chi connectivity index (χ4v) is 6.57. The summed E-state index contributed by atoms with van der Waals surface area (Å²) < 4.78 is 55.1. The minimum absolute atomic E-state index is 0.116. The summed E-state index contributed by atoms with van der Waals surface area (Å²) in [5.41, 5.74) is -2.53. The van der Waals surface area contributed by atoms with Crippen LogP contribution in [0.15, 0.2) is 48.8 Å². The number of fused-ring (bicyclic) bond motifs is 2. The Hall–Kier alpha value is -4.12. The number of terminal acetylenes is 1. The van der Waals surface area contributed by atoms with Crippen LogP contribution in [0, 0.1) is 24.7 Å². The molecule has 47 heavy (non-hydrogen) atoms. The van der Waals surface area contributed by atoms with Gasteiger partial charge in [0.2, 0.25) is 5.67 Å². The lowest BCUT2D eigenvalue weighted by molar-refractivity contribution is -0.148. The molecule has 0 radical (unpaired) electrons. The van der Waals surface area contributed by atoms with E-state index in [0.717, 1.165) is 5.39 Å². The van der Waals surface area contributed by atoms with Crippen LogP contribution in [-0.2, 0) is 23.4 Å². The molecule has 15 heteroatoms. The van der Waals surface area contributed by atoms with Crippen molar-refractivity contribution in [3.8, 4) is 18.1 Å². The first-order valence-corrected chi connectivity index (χ1v) is 16.5. The summed E-state index contributed by atoms with van der Waals surface area (Å²) in [7, 11) is -2.79. The van der Waals surface area contributed by atoms with Gasteiger partial charge in [0, 0.05) is 12.4 Å². The van der Waals surface area contributed by atoms with Crippen molar-refractivity contribution in [1.82, 2.24) is 24.6 Å². The second kappa shape index (κ2) is 13.2. The summed E-state index contributed by atoms with van der Waals surface area (Å²) in [4.78, 5) is 25.8. The molecule has 13 nitrogen and oxygen atoms in total. The van der Waals surface area contributed by atoms with Crippen LogP contribution in [0.4, 0.5) is 10.2 Å². The molecule has 0 unspecified atom stereocenters. The van der Waals surface area contributed by atoms with Gasteiger partial charge in [-0.3, -0.25) is 13.9 Å². The Labute approximate surface area is 271 Å². The van der Waals surface area contributed by atoms with E-state index in [1.807, 2.05) is 44.9 Å². The number of hydrogen-bond acceptors (Lipinski definition) is 11.